The van der Waals surface area contributed by atoms with Crippen LogP contribution < -0.4 is 10.6 Å². The third kappa shape index (κ3) is 6.32. The van der Waals surface area contributed by atoms with Crippen molar-refractivity contribution in [1.82, 2.24) is 20.2 Å². The van der Waals surface area contributed by atoms with Gasteiger partial charge < -0.3 is 25.0 Å². The second-order valence-corrected chi connectivity index (χ2v) is 8.88. The summed E-state index contributed by atoms with van der Waals surface area (Å²) in [6.07, 6.45) is 3.51. The van der Waals surface area contributed by atoms with E-state index in [0.717, 1.165) is 36.5 Å². The first-order valence-corrected chi connectivity index (χ1v) is 10.8. The Labute approximate surface area is 187 Å². The Morgan fingerprint density at radius 1 is 1.19 bits per heavy atom. The Balaban J connectivity index is 1.53. The fraction of sp³-hybridized carbons (Fsp3) is 0.478. The maximum Gasteiger partial charge on any atom is 0.407 e. The molecule has 1 unspecified atom stereocenters. The summed E-state index contributed by atoms with van der Waals surface area (Å²) in [5.41, 5.74) is 1.30. The number of nitrogens with one attached hydrogen (secondary N) is 2. The number of nitrogens with zero attached hydrogens (tertiary/aromatic N) is 2. The second kappa shape index (κ2) is 9.84. The third-order valence-corrected chi connectivity index (χ3v) is 5.12. The Hall–Kier alpha value is -3.36. The zero-order valence-electron chi connectivity index (χ0n) is 18.7. The lowest BCUT2D eigenvalue weighted by molar-refractivity contribution is -0.121. The molecule has 0 aliphatic carbocycles. The van der Waals surface area contributed by atoms with Gasteiger partial charge in [-0.2, -0.15) is 0 Å². The Kier molecular flexibility index (Phi) is 7.17. The molecule has 0 bridgehead atoms. The van der Waals surface area contributed by atoms with Crippen LogP contribution in [0.1, 0.15) is 62.1 Å². The molecule has 32 heavy (non-hydrogen) atoms. The number of rotatable bonds is 7. The number of fused-ring (bicyclic) bond motifs is 1. The Bertz CT molecular complexity index is 975. The first-order valence-electron chi connectivity index (χ1n) is 10.8. The van der Waals surface area contributed by atoms with Gasteiger partial charge in [0.1, 0.15) is 11.4 Å². The number of alkyl carbamates (subject to hydrolysis) is 1. The second-order valence-electron chi connectivity index (χ2n) is 8.88. The van der Waals surface area contributed by atoms with E-state index in [9.17, 15) is 14.4 Å². The normalized spacial score (nSPS) is 15.5. The van der Waals surface area contributed by atoms with Crippen molar-refractivity contribution in [3.05, 3.63) is 41.9 Å². The number of hydrogen-bond acceptors (Lipinski definition) is 5. The van der Waals surface area contributed by atoms with E-state index in [0.29, 0.717) is 6.54 Å². The van der Waals surface area contributed by atoms with Crippen LogP contribution >= 0.6 is 0 Å². The molecule has 3 N–H and O–H groups in total. The molecular formula is C23H30N4O5. The maximum atomic E-state index is 12.2. The molecule has 0 spiro atoms. The van der Waals surface area contributed by atoms with Crippen LogP contribution in [0.15, 0.2) is 30.5 Å². The van der Waals surface area contributed by atoms with Gasteiger partial charge in [0, 0.05) is 43.7 Å². The molecule has 0 fully saturated rings. The average Bonchev–Trinajstić information content (AvgIpc) is 3.16. The Morgan fingerprint density at radius 2 is 1.91 bits per heavy atom. The van der Waals surface area contributed by atoms with E-state index < -0.39 is 17.7 Å². The van der Waals surface area contributed by atoms with Gasteiger partial charge in [-0.15, -0.1) is 0 Å². The fourth-order valence-electron chi connectivity index (χ4n) is 3.61. The smallest absolute Gasteiger partial charge is 0.407 e. The van der Waals surface area contributed by atoms with Gasteiger partial charge in [0.2, 0.25) is 5.91 Å². The number of aromatic carboxylic acids is 1. The van der Waals surface area contributed by atoms with Gasteiger partial charge in [-0.05, 0) is 45.7 Å². The zero-order valence-corrected chi connectivity index (χ0v) is 18.7. The summed E-state index contributed by atoms with van der Waals surface area (Å²) < 4.78 is 7.25. The molecule has 1 atom stereocenters. The van der Waals surface area contributed by atoms with Crippen molar-refractivity contribution >= 4 is 18.0 Å². The highest BCUT2D eigenvalue weighted by Crippen LogP contribution is 2.29. The number of carboxylic acid groups (broad SMARTS) is 1. The van der Waals surface area contributed by atoms with E-state index >= 15 is 0 Å². The first kappa shape index (κ1) is 23.3. The summed E-state index contributed by atoms with van der Waals surface area (Å²) in [6.45, 7) is 6.88. The van der Waals surface area contributed by atoms with Crippen molar-refractivity contribution in [2.24, 2.45) is 0 Å². The lowest BCUT2D eigenvalue weighted by atomic mass is 9.99. The molecule has 0 radical (unpaired) electrons. The first-order chi connectivity index (χ1) is 15.1. The van der Waals surface area contributed by atoms with Crippen LogP contribution in [0.3, 0.4) is 0 Å². The summed E-state index contributed by atoms with van der Waals surface area (Å²) in [5.74, 6) is -0.0914. The largest absolute Gasteiger partial charge is 0.478 e. The van der Waals surface area contributed by atoms with Gasteiger partial charge in [-0.3, -0.25) is 4.79 Å². The SMILES string of the molecule is CC(C)(C)OC(=O)NCCC(=O)NCC1CCCn2cc(-c3ccc(C(=O)O)cc3)nc21. The van der Waals surface area contributed by atoms with Crippen LogP contribution in [-0.4, -0.2) is 51.3 Å². The molecule has 0 saturated heterocycles. The summed E-state index contributed by atoms with van der Waals surface area (Å²) in [5, 5.41) is 14.6. The molecule has 0 saturated carbocycles. The zero-order chi connectivity index (χ0) is 23.3. The standard InChI is InChI=1S/C23H30N4O5/c1-23(2,3)32-22(31)24-11-10-19(28)25-13-17-5-4-12-27-14-18(26-20(17)27)15-6-8-16(9-7-15)21(29)30/h6-9,14,17H,4-5,10-13H2,1-3H3,(H,24,31)(H,25,28)(H,29,30). The van der Waals surface area contributed by atoms with Gasteiger partial charge in [-0.1, -0.05) is 12.1 Å². The number of aryl methyl sites for hydroxylation is 1. The Morgan fingerprint density at radius 3 is 2.56 bits per heavy atom. The minimum Gasteiger partial charge on any atom is -0.478 e. The highest BCUT2D eigenvalue weighted by Gasteiger charge is 2.24. The van der Waals surface area contributed by atoms with Crippen LogP contribution in [0, 0.1) is 0 Å². The molecule has 2 amide bonds. The van der Waals surface area contributed by atoms with E-state index in [2.05, 4.69) is 15.2 Å². The minimum atomic E-state index is -0.960. The summed E-state index contributed by atoms with van der Waals surface area (Å²) in [7, 11) is 0. The molecule has 3 rings (SSSR count). The molecule has 9 heteroatoms. The van der Waals surface area contributed by atoms with E-state index in [1.54, 1.807) is 45.0 Å². The number of hydrogen-bond donors (Lipinski definition) is 3. The number of carbonyl (C=O) groups excluding carboxylic acids is 2. The van der Waals surface area contributed by atoms with Gasteiger partial charge in [0.05, 0.1) is 11.3 Å². The summed E-state index contributed by atoms with van der Waals surface area (Å²) in [4.78, 5) is 39.7. The molecule has 1 aliphatic heterocycles. The van der Waals surface area contributed by atoms with Crippen LogP contribution in [0.2, 0.25) is 0 Å². The number of imidazole rings is 1. The van der Waals surface area contributed by atoms with E-state index in [4.69, 9.17) is 14.8 Å². The summed E-state index contributed by atoms with van der Waals surface area (Å²) in [6, 6.07) is 6.65. The van der Waals surface area contributed by atoms with Gasteiger partial charge in [0.15, 0.2) is 0 Å². The van der Waals surface area contributed by atoms with E-state index in [1.807, 2.05) is 6.20 Å². The number of amides is 2. The number of carbonyl (C=O) groups is 3. The lowest BCUT2D eigenvalue weighted by Crippen LogP contribution is -2.36. The predicted molar refractivity (Wildman–Crippen MR) is 118 cm³/mol. The predicted octanol–water partition coefficient (Wildman–Crippen LogP) is 3.16. The van der Waals surface area contributed by atoms with Crippen molar-refractivity contribution < 1.29 is 24.2 Å². The highest BCUT2D eigenvalue weighted by atomic mass is 16.6. The monoisotopic (exact) mass is 442 g/mol. The molecular weight excluding hydrogens is 412 g/mol. The van der Waals surface area contributed by atoms with Crippen LogP contribution in [-0.2, 0) is 16.1 Å². The molecule has 172 valence electrons. The van der Waals surface area contributed by atoms with Crippen molar-refractivity contribution in [2.45, 2.75) is 58.1 Å². The minimum absolute atomic E-state index is 0.0959. The van der Waals surface area contributed by atoms with Crippen molar-refractivity contribution in [3.8, 4) is 11.3 Å². The lowest BCUT2D eigenvalue weighted by Gasteiger charge is -2.23. The van der Waals surface area contributed by atoms with E-state index in [1.165, 1.54) is 0 Å². The maximum absolute atomic E-state index is 12.2. The number of aromatic nitrogens is 2. The van der Waals surface area contributed by atoms with Crippen LogP contribution in [0.5, 0.6) is 0 Å². The van der Waals surface area contributed by atoms with Crippen LogP contribution in [0.4, 0.5) is 4.79 Å². The van der Waals surface area contributed by atoms with E-state index in [-0.39, 0.29) is 30.4 Å². The third-order valence-electron chi connectivity index (χ3n) is 5.12. The molecule has 9 nitrogen and oxygen atoms in total. The van der Waals surface area contributed by atoms with Crippen molar-refractivity contribution in [2.75, 3.05) is 13.1 Å². The van der Waals surface area contributed by atoms with Crippen LogP contribution in [0.25, 0.3) is 11.3 Å². The fourth-order valence-corrected chi connectivity index (χ4v) is 3.61. The van der Waals surface area contributed by atoms with Gasteiger partial charge in [0.25, 0.3) is 0 Å². The van der Waals surface area contributed by atoms with Gasteiger partial charge in [-0.25, -0.2) is 14.6 Å². The van der Waals surface area contributed by atoms with Crippen molar-refractivity contribution in [3.63, 3.8) is 0 Å². The van der Waals surface area contributed by atoms with Crippen molar-refractivity contribution in [1.29, 1.82) is 0 Å². The molecule has 1 aromatic carbocycles. The molecule has 1 aliphatic rings. The number of ether oxygens (including phenoxy) is 1. The van der Waals surface area contributed by atoms with Gasteiger partial charge >= 0.3 is 12.1 Å². The highest BCUT2D eigenvalue weighted by molar-refractivity contribution is 5.88. The molecule has 1 aromatic heterocycles. The topological polar surface area (TPSA) is 123 Å². The molecule has 2 aromatic rings. The number of carboxylic acids is 1. The number of benzene rings is 1. The quantitative estimate of drug-likeness (QED) is 0.605. The molecule has 2 heterocycles. The summed E-state index contributed by atoms with van der Waals surface area (Å²) >= 11 is 0. The average molecular weight is 443 g/mol.